The number of carbonyl (C=O) groups excluding carboxylic acids is 1. The number of amides is 1. The molecule has 1 aliphatic heterocycles. The van der Waals surface area contributed by atoms with Crippen LogP contribution in [-0.2, 0) is 16.0 Å². The van der Waals surface area contributed by atoms with Gasteiger partial charge in [0.25, 0.3) is 0 Å². The van der Waals surface area contributed by atoms with Crippen molar-refractivity contribution in [1.29, 1.82) is 0 Å². The van der Waals surface area contributed by atoms with Crippen LogP contribution in [0.3, 0.4) is 0 Å². The number of rotatable bonds is 6. The largest absolute Gasteiger partial charge is 0.496 e. The molecule has 1 saturated heterocycles. The molecular formula is C23H24N4O3. The summed E-state index contributed by atoms with van der Waals surface area (Å²) in [6.07, 6.45) is 0.250. The zero-order valence-corrected chi connectivity index (χ0v) is 16.9. The number of aromatic nitrogens is 2. The van der Waals surface area contributed by atoms with Gasteiger partial charge in [0, 0.05) is 29.9 Å². The molecule has 154 valence electrons. The van der Waals surface area contributed by atoms with E-state index in [1.165, 1.54) is 0 Å². The zero-order valence-electron chi connectivity index (χ0n) is 16.9. The topological polar surface area (TPSA) is 76.6 Å². The highest BCUT2D eigenvalue weighted by Gasteiger charge is 2.13. The van der Waals surface area contributed by atoms with E-state index >= 15 is 0 Å². The Morgan fingerprint density at radius 1 is 1.03 bits per heavy atom. The summed E-state index contributed by atoms with van der Waals surface area (Å²) >= 11 is 0. The second-order valence-corrected chi connectivity index (χ2v) is 6.99. The first-order valence-corrected chi connectivity index (χ1v) is 9.91. The molecule has 1 N–H and O–H groups in total. The van der Waals surface area contributed by atoms with E-state index < -0.39 is 0 Å². The van der Waals surface area contributed by atoms with Gasteiger partial charge in [-0.25, -0.2) is 0 Å². The van der Waals surface area contributed by atoms with Crippen molar-refractivity contribution in [1.82, 2.24) is 10.2 Å². The minimum atomic E-state index is -0.0955. The van der Waals surface area contributed by atoms with Gasteiger partial charge in [0.2, 0.25) is 5.91 Å². The van der Waals surface area contributed by atoms with Gasteiger partial charge in [-0.3, -0.25) is 4.79 Å². The molecule has 2 heterocycles. The Morgan fingerprint density at radius 2 is 1.80 bits per heavy atom. The third-order valence-electron chi connectivity index (χ3n) is 4.99. The summed E-state index contributed by atoms with van der Waals surface area (Å²) in [6.45, 7) is 3.09. The maximum absolute atomic E-state index is 12.4. The van der Waals surface area contributed by atoms with Gasteiger partial charge in [0.15, 0.2) is 5.82 Å². The van der Waals surface area contributed by atoms with Crippen LogP contribution in [0.4, 0.5) is 11.5 Å². The predicted octanol–water partition coefficient (Wildman–Crippen LogP) is 3.17. The summed E-state index contributed by atoms with van der Waals surface area (Å²) in [6, 6.07) is 19.1. The normalized spacial score (nSPS) is 13.7. The van der Waals surface area contributed by atoms with Gasteiger partial charge in [0.05, 0.1) is 32.4 Å². The van der Waals surface area contributed by atoms with Crippen molar-refractivity contribution in [3.8, 4) is 17.0 Å². The van der Waals surface area contributed by atoms with Crippen molar-refractivity contribution in [2.24, 2.45) is 0 Å². The van der Waals surface area contributed by atoms with E-state index in [4.69, 9.17) is 9.47 Å². The van der Waals surface area contributed by atoms with E-state index in [1.807, 2.05) is 60.7 Å². The molecule has 0 unspecified atom stereocenters. The second-order valence-electron chi connectivity index (χ2n) is 6.99. The lowest BCUT2D eigenvalue weighted by Gasteiger charge is -2.27. The fourth-order valence-electron chi connectivity index (χ4n) is 3.39. The number of anilines is 2. The van der Waals surface area contributed by atoms with Crippen molar-refractivity contribution in [3.63, 3.8) is 0 Å². The number of para-hydroxylation sites is 1. The van der Waals surface area contributed by atoms with E-state index in [9.17, 15) is 4.79 Å². The number of nitrogens with one attached hydrogen (secondary N) is 1. The third kappa shape index (κ3) is 4.75. The lowest BCUT2D eigenvalue weighted by Crippen LogP contribution is -2.36. The molecule has 7 nitrogen and oxygen atoms in total. The fourth-order valence-corrected chi connectivity index (χ4v) is 3.39. The lowest BCUT2D eigenvalue weighted by atomic mass is 10.1. The molecule has 4 rings (SSSR count). The SMILES string of the molecule is COc1ccccc1CC(=O)Nc1ccc(-c2ccc(N3CCOCC3)nn2)cc1. The average Bonchev–Trinajstić information content (AvgIpc) is 2.80. The number of hydrogen-bond acceptors (Lipinski definition) is 6. The Labute approximate surface area is 175 Å². The maximum Gasteiger partial charge on any atom is 0.228 e. The van der Waals surface area contributed by atoms with Crippen LogP contribution in [0.2, 0.25) is 0 Å². The van der Waals surface area contributed by atoms with Crippen molar-refractivity contribution >= 4 is 17.4 Å². The summed E-state index contributed by atoms with van der Waals surface area (Å²) in [4.78, 5) is 14.6. The molecule has 0 spiro atoms. The summed E-state index contributed by atoms with van der Waals surface area (Å²) < 4.78 is 10.7. The van der Waals surface area contributed by atoms with E-state index in [0.717, 1.165) is 41.4 Å². The van der Waals surface area contributed by atoms with E-state index in [1.54, 1.807) is 7.11 Å². The molecule has 1 amide bonds. The minimum Gasteiger partial charge on any atom is -0.496 e. The lowest BCUT2D eigenvalue weighted by molar-refractivity contribution is -0.115. The second kappa shape index (κ2) is 9.37. The van der Waals surface area contributed by atoms with Gasteiger partial charge in [-0.1, -0.05) is 30.3 Å². The number of benzene rings is 2. The molecule has 3 aromatic rings. The number of hydrogen-bond donors (Lipinski definition) is 1. The number of methoxy groups -OCH3 is 1. The molecule has 0 aliphatic carbocycles. The van der Waals surface area contributed by atoms with Crippen LogP contribution in [-0.4, -0.2) is 49.5 Å². The number of carbonyl (C=O) groups is 1. The maximum atomic E-state index is 12.4. The number of morpholine rings is 1. The highest BCUT2D eigenvalue weighted by Crippen LogP contribution is 2.22. The summed E-state index contributed by atoms with van der Waals surface area (Å²) in [5.41, 5.74) is 3.32. The molecule has 1 aliphatic rings. The molecule has 30 heavy (non-hydrogen) atoms. The molecule has 0 bridgehead atoms. The van der Waals surface area contributed by atoms with E-state index in [-0.39, 0.29) is 12.3 Å². The number of ether oxygens (including phenoxy) is 2. The molecule has 0 atom stereocenters. The Hall–Kier alpha value is -3.45. The first-order valence-electron chi connectivity index (χ1n) is 9.91. The third-order valence-corrected chi connectivity index (χ3v) is 4.99. The van der Waals surface area contributed by atoms with Crippen LogP contribution in [0.1, 0.15) is 5.56 Å². The highest BCUT2D eigenvalue weighted by molar-refractivity contribution is 5.92. The smallest absolute Gasteiger partial charge is 0.228 e. The minimum absolute atomic E-state index is 0.0955. The molecular weight excluding hydrogens is 380 g/mol. The predicted molar refractivity (Wildman–Crippen MR) is 116 cm³/mol. The Bertz CT molecular complexity index is 984. The molecule has 0 radical (unpaired) electrons. The van der Waals surface area contributed by atoms with Crippen molar-refractivity contribution in [2.45, 2.75) is 6.42 Å². The summed E-state index contributed by atoms with van der Waals surface area (Å²) in [5, 5.41) is 11.6. The molecule has 0 saturated carbocycles. The van der Waals surface area contributed by atoms with Crippen molar-refractivity contribution in [3.05, 3.63) is 66.2 Å². The van der Waals surface area contributed by atoms with Crippen LogP contribution >= 0.6 is 0 Å². The summed E-state index contributed by atoms with van der Waals surface area (Å²) in [7, 11) is 1.60. The fraction of sp³-hybridized carbons (Fsp3) is 0.261. The standard InChI is InChI=1S/C23H24N4O3/c1-29-21-5-3-2-4-18(21)16-23(28)24-19-8-6-17(7-9-19)20-10-11-22(26-25-20)27-12-14-30-15-13-27/h2-11H,12-16H2,1H3,(H,24,28). The Morgan fingerprint density at radius 3 is 2.50 bits per heavy atom. The van der Waals surface area contributed by atoms with Gasteiger partial charge in [-0.15, -0.1) is 10.2 Å². The van der Waals surface area contributed by atoms with Gasteiger partial charge in [0.1, 0.15) is 5.75 Å². The molecule has 2 aromatic carbocycles. The van der Waals surface area contributed by atoms with Crippen LogP contribution in [0.15, 0.2) is 60.7 Å². The van der Waals surface area contributed by atoms with Crippen molar-refractivity contribution < 1.29 is 14.3 Å². The monoisotopic (exact) mass is 404 g/mol. The quantitative estimate of drug-likeness (QED) is 0.680. The summed E-state index contributed by atoms with van der Waals surface area (Å²) in [5.74, 6) is 1.48. The van der Waals surface area contributed by atoms with Gasteiger partial charge in [-0.05, 0) is 30.3 Å². The number of nitrogens with zero attached hydrogens (tertiary/aromatic N) is 3. The van der Waals surface area contributed by atoms with E-state index in [0.29, 0.717) is 19.0 Å². The Balaban J connectivity index is 1.38. The van der Waals surface area contributed by atoms with E-state index in [2.05, 4.69) is 20.4 Å². The zero-order chi connectivity index (χ0) is 20.8. The van der Waals surface area contributed by atoms with Crippen LogP contribution in [0.25, 0.3) is 11.3 Å². The van der Waals surface area contributed by atoms with Gasteiger partial charge in [-0.2, -0.15) is 0 Å². The highest BCUT2D eigenvalue weighted by atomic mass is 16.5. The first kappa shape index (κ1) is 19.8. The van der Waals surface area contributed by atoms with Gasteiger partial charge < -0.3 is 19.7 Å². The van der Waals surface area contributed by atoms with Crippen LogP contribution in [0.5, 0.6) is 5.75 Å². The van der Waals surface area contributed by atoms with Crippen LogP contribution in [0, 0.1) is 0 Å². The Kier molecular flexibility index (Phi) is 6.20. The molecule has 7 heteroatoms. The average molecular weight is 404 g/mol. The molecule has 1 fully saturated rings. The van der Waals surface area contributed by atoms with Crippen LogP contribution < -0.4 is 15.0 Å². The first-order chi connectivity index (χ1) is 14.7. The van der Waals surface area contributed by atoms with Gasteiger partial charge >= 0.3 is 0 Å². The van der Waals surface area contributed by atoms with Crippen molar-refractivity contribution in [2.75, 3.05) is 43.6 Å². The molecule has 1 aromatic heterocycles.